The van der Waals surface area contributed by atoms with E-state index in [0.717, 1.165) is 6.42 Å². The number of carbonyl (C=O) groups is 1. The quantitative estimate of drug-likeness (QED) is 0.514. The standard InChI is InChI=1S/C15H22O4/c1-8-9-6-11-10(4-5-14(11,2)17)15(3,18)7-12(9)19-13(8)16/h9-12,17-18H,1,4-7H2,2-3H3/t9-,10-,11+,12+,14-,15-/m1/s1. The van der Waals surface area contributed by atoms with Crippen LogP contribution in [0.3, 0.4) is 0 Å². The third kappa shape index (κ3) is 1.84. The second-order valence-corrected chi connectivity index (χ2v) is 6.98. The van der Waals surface area contributed by atoms with Crippen molar-refractivity contribution in [3.05, 3.63) is 12.2 Å². The van der Waals surface area contributed by atoms with Gasteiger partial charge in [0.25, 0.3) is 0 Å². The van der Waals surface area contributed by atoms with Crippen molar-refractivity contribution in [2.75, 3.05) is 0 Å². The lowest BCUT2D eigenvalue weighted by atomic mass is 9.76. The molecule has 0 unspecified atom stereocenters. The van der Waals surface area contributed by atoms with E-state index in [4.69, 9.17) is 4.74 Å². The number of rotatable bonds is 0. The molecule has 3 aliphatic rings. The molecule has 2 saturated carbocycles. The normalized spacial score (nSPS) is 53.5. The van der Waals surface area contributed by atoms with Crippen molar-refractivity contribution in [1.29, 1.82) is 0 Å². The Morgan fingerprint density at radius 2 is 1.95 bits per heavy atom. The molecule has 0 aromatic carbocycles. The molecular weight excluding hydrogens is 244 g/mol. The van der Waals surface area contributed by atoms with Gasteiger partial charge in [-0.05, 0) is 44.9 Å². The van der Waals surface area contributed by atoms with E-state index >= 15 is 0 Å². The minimum Gasteiger partial charge on any atom is -0.458 e. The van der Waals surface area contributed by atoms with Gasteiger partial charge in [0.05, 0.1) is 11.2 Å². The molecule has 0 amide bonds. The summed E-state index contributed by atoms with van der Waals surface area (Å²) < 4.78 is 5.35. The summed E-state index contributed by atoms with van der Waals surface area (Å²) in [4.78, 5) is 11.7. The maximum absolute atomic E-state index is 11.7. The number of esters is 1. The van der Waals surface area contributed by atoms with Gasteiger partial charge in [0.2, 0.25) is 0 Å². The summed E-state index contributed by atoms with van der Waals surface area (Å²) in [7, 11) is 0. The van der Waals surface area contributed by atoms with Crippen LogP contribution in [0.1, 0.15) is 39.5 Å². The van der Waals surface area contributed by atoms with Gasteiger partial charge in [0, 0.05) is 17.9 Å². The van der Waals surface area contributed by atoms with E-state index in [1.807, 2.05) is 13.8 Å². The van der Waals surface area contributed by atoms with Gasteiger partial charge < -0.3 is 14.9 Å². The van der Waals surface area contributed by atoms with E-state index in [2.05, 4.69) is 6.58 Å². The third-order valence-electron chi connectivity index (χ3n) is 5.58. The van der Waals surface area contributed by atoms with Crippen LogP contribution in [-0.4, -0.2) is 33.5 Å². The van der Waals surface area contributed by atoms with E-state index in [1.54, 1.807) is 0 Å². The SMILES string of the molecule is C=C1C(=O)O[C@H]2C[C@@](C)(O)[C@@H]3CC[C@@](C)(O)[C@H]3C[C@H]12. The molecule has 3 fully saturated rings. The highest BCUT2D eigenvalue weighted by molar-refractivity contribution is 5.90. The van der Waals surface area contributed by atoms with Gasteiger partial charge in [-0.15, -0.1) is 0 Å². The minimum absolute atomic E-state index is 0.00347. The Morgan fingerprint density at radius 3 is 2.63 bits per heavy atom. The Kier molecular flexibility index (Phi) is 2.64. The second kappa shape index (κ2) is 3.83. The van der Waals surface area contributed by atoms with Gasteiger partial charge >= 0.3 is 5.97 Å². The smallest absolute Gasteiger partial charge is 0.334 e. The Balaban J connectivity index is 1.98. The zero-order chi connectivity index (χ0) is 14.0. The molecule has 106 valence electrons. The summed E-state index contributed by atoms with van der Waals surface area (Å²) in [6, 6.07) is 0. The maximum Gasteiger partial charge on any atom is 0.334 e. The van der Waals surface area contributed by atoms with Gasteiger partial charge in [0.1, 0.15) is 6.10 Å². The monoisotopic (exact) mass is 266 g/mol. The highest BCUT2D eigenvalue weighted by Gasteiger charge is 2.57. The van der Waals surface area contributed by atoms with Gasteiger partial charge in [-0.25, -0.2) is 4.79 Å². The van der Waals surface area contributed by atoms with Crippen LogP contribution >= 0.6 is 0 Å². The molecule has 2 N–H and O–H groups in total. The number of aliphatic hydroxyl groups is 2. The summed E-state index contributed by atoms with van der Waals surface area (Å²) in [6.07, 6.45) is 2.38. The van der Waals surface area contributed by atoms with E-state index in [-0.39, 0.29) is 29.8 Å². The summed E-state index contributed by atoms with van der Waals surface area (Å²) in [5, 5.41) is 21.3. The summed E-state index contributed by atoms with van der Waals surface area (Å²) >= 11 is 0. The molecule has 4 heteroatoms. The molecule has 1 aliphatic heterocycles. The molecule has 0 bridgehead atoms. The first-order valence-corrected chi connectivity index (χ1v) is 7.07. The molecule has 2 aliphatic carbocycles. The lowest BCUT2D eigenvalue weighted by Crippen LogP contribution is -2.41. The van der Waals surface area contributed by atoms with Crippen molar-refractivity contribution in [3.63, 3.8) is 0 Å². The van der Waals surface area contributed by atoms with Crippen LogP contribution < -0.4 is 0 Å². The average molecular weight is 266 g/mol. The molecule has 0 aromatic heterocycles. The molecule has 1 saturated heterocycles. The lowest BCUT2D eigenvalue weighted by Gasteiger charge is -2.35. The molecule has 6 atom stereocenters. The van der Waals surface area contributed by atoms with Crippen molar-refractivity contribution in [3.8, 4) is 0 Å². The fourth-order valence-electron chi connectivity index (χ4n) is 4.41. The zero-order valence-corrected chi connectivity index (χ0v) is 11.6. The molecular formula is C15H22O4. The fourth-order valence-corrected chi connectivity index (χ4v) is 4.41. The average Bonchev–Trinajstić information content (AvgIpc) is 2.66. The molecule has 0 aromatic rings. The first-order chi connectivity index (χ1) is 8.72. The fraction of sp³-hybridized carbons (Fsp3) is 0.800. The number of hydrogen-bond donors (Lipinski definition) is 2. The van der Waals surface area contributed by atoms with Gasteiger partial charge in [-0.3, -0.25) is 0 Å². The third-order valence-corrected chi connectivity index (χ3v) is 5.58. The molecule has 1 heterocycles. The number of hydrogen-bond acceptors (Lipinski definition) is 4. The first-order valence-electron chi connectivity index (χ1n) is 7.07. The van der Waals surface area contributed by atoms with Crippen molar-refractivity contribution < 1.29 is 19.7 Å². The van der Waals surface area contributed by atoms with Crippen molar-refractivity contribution >= 4 is 5.97 Å². The van der Waals surface area contributed by atoms with Crippen LogP contribution in [0.25, 0.3) is 0 Å². The summed E-state index contributed by atoms with van der Waals surface area (Å²) in [6.45, 7) is 7.48. The van der Waals surface area contributed by atoms with Crippen molar-refractivity contribution in [1.82, 2.24) is 0 Å². The zero-order valence-electron chi connectivity index (χ0n) is 11.6. The van der Waals surface area contributed by atoms with E-state index in [9.17, 15) is 15.0 Å². The number of fused-ring (bicyclic) bond motifs is 2. The Morgan fingerprint density at radius 1 is 1.26 bits per heavy atom. The Labute approximate surface area is 113 Å². The van der Waals surface area contributed by atoms with Crippen LogP contribution in [0.5, 0.6) is 0 Å². The highest BCUT2D eigenvalue weighted by atomic mass is 16.6. The van der Waals surface area contributed by atoms with Crippen LogP contribution in [0, 0.1) is 17.8 Å². The minimum atomic E-state index is -0.893. The van der Waals surface area contributed by atoms with E-state index in [1.165, 1.54) is 0 Å². The molecule has 0 spiro atoms. The predicted molar refractivity (Wildman–Crippen MR) is 69.2 cm³/mol. The van der Waals surface area contributed by atoms with Crippen LogP contribution in [-0.2, 0) is 9.53 Å². The van der Waals surface area contributed by atoms with Crippen LogP contribution in [0.2, 0.25) is 0 Å². The van der Waals surface area contributed by atoms with Gasteiger partial charge in [-0.2, -0.15) is 0 Å². The molecule has 0 radical (unpaired) electrons. The van der Waals surface area contributed by atoms with Crippen LogP contribution in [0.4, 0.5) is 0 Å². The number of carbonyl (C=O) groups excluding carboxylic acids is 1. The summed E-state index contributed by atoms with van der Waals surface area (Å²) in [5.41, 5.74) is -1.16. The predicted octanol–water partition coefficient (Wildman–Crippen LogP) is 1.41. The van der Waals surface area contributed by atoms with E-state index in [0.29, 0.717) is 24.8 Å². The first kappa shape index (κ1) is 13.1. The number of ether oxygens (including phenoxy) is 1. The largest absolute Gasteiger partial charge is 0.458 e. The Bertz CT molecular complexity index is 437. The Hall–Kier alpha value is -0.870. The highest BCUT2D eigenvalue weighted by Crippen LogP contribution is 2.54. The second-order valence-electron chi connectivity index (χ2n) is 6.98. The maximum atomic E-state index is 11.7. The van der Waals surface area contributed by atoms with E-state index < -0.39 is 11.2 Å². The van der Waals surface area contributed by atoms with Crippen molar-refractivity contribution in [2.45, 2.75) is 56.8 Å². The molecule has 4 nitrogen and oxygen atoms in total. The van der Waals surface area contributed by atoms with Crippen LogP contribution in [0.15, 0.2) is 12.2 Å². The van der Waals surface area contributed by atoms with Gasteiger partial charge in [-0.1, -0.05) is 6.58 Å². The topological polar surface area (TPSA) is 66.8 Å². The lowest BCUT2D eigenvalue weighted by molar-refractivity contribution is -0.142. The molecule has 19 heavy (non-hydrogen) atoms. The summed E-state index contributed by atoms with van der Waals surface area (Å²) in [5.74, 6) is -0.330. The molecule has 3 rings (SSSR count). The van der Waals surface area contributed by atoms with Crippen molar-refractivity contribution in [2.24, 2.45) is 17.8 Å². The van der Waals surface area contributed by atoms with Gasteiger partial charge in [0.15, 0.2) is 0 Å².